The number of hydrazone groups is 1. The van der Waals surface area contributed by atoms with Crippen LogP contribution in [-0.2, 0) is 0 Å². The van der Waals surface area contributed by atoms with Crippen LogP contribution in [0.3, 0.4) is 0 Å². The van der Waals surface area contributed by atoms with Gasteiger partial charge in [-0.15, -0.1) is 11.3 Å². The molecular formula is C27H23ClN2O4S. The molecule has 1 N–H and O–H groups in total. The number of thiophene rings is 1. The molecule has 0 aliphatic heterocycles. The van der Waals surface area contributed by atoms with Gasteiger partial charge in [0, 0.05) is 21.2 Å². The molecule has 0 aliphatic rings. The number of benzene rings is 3. The third-order valence-electron chi connectivity index (χ3n) is 5.09. The average Bonchev–Trinajstić information content (AvgIpc) is 3.22. The molecule has 4 rings (SSSR count). The van der Waals surface area contributed by atoms with Gasteiger partial charge in [0.25, 0.3) is 5.91 Å². The van der Waals surface area contributed by atoms with E-state index < -0.39 is 5.97 Å². The topological polar surface area (TPSA) is 77.0 Å². The Morgan fingerprint density at radius 1 is 1.03 bits per heavy atom. The van der Waals surface area contributed by atoms with Gasteiger partial charge in [0.15, 0.2) is 0 Å². The van der Waals surface area contributed by atoms with Gasteiger partial charge in [0.1, 0.15) is 16.4 Å². The molecule has 1 heterocycles. The number of nitrogens with one attached hydrogen (secondary N) is 1. The molecule has 1 amide bonds. The number of para-hydroxylation sites is 1. The maximum atomic E-state index is 12.8. The van der Waals surface area contributed by atoms with Gasteiger partial charge in [-0.2, -0.15) is 5.10 Å². The van der Waals surface area contributed by atoms with Gasteiger partial charge in [0.05, 0.1) is 17.8 Å². The molecule has 0 radical (unpaired) electrons. The first-order valence-corrected chi connectivity index (χ1v) is 12.3. The molecule has 0 saturated carbocycles. The van der Waals surface area contributed by atoms with Crippen molar-refractivity contribution in [3.8, 4) is 11.5 Å². The van der Waals surface area contributed by atoms with Crippen LogP contribution in [0.1, 0.15) is 45.4 Å². The fraction of sp³-hybridized carbons (Fsp3) is 0.148. The number of hydrogen-bond acceptors (Lipinski definition) is 6. The second kappa shape index (κ2) is 11.6. The summed E-state index contributed by atoms with van der Waals surface area (Å²) in [6, 6.07) is 21.3. The zero-order valence-corrected chi connectivity index (χ0v) is 20.6. The van der Waals surface area contributed by atoms with Crippen molar-refractivity contribution in [1.29, 1.82) is 0 Å². The highest BCUT2D eigenvalue weighted by Crippen LogP contribution is 2.36. The number of rotatable bonds is 9. The molecule has 0 atom stereocenters. The molecule has 4 aromatic rings. The number of carbonyl (C=O) groups excluding carboxylic acids is 2. The number of halogens is 1. The van der Waals surface area contributed by atoms with Crippen LogP contribution in [0.5, 0.6) is 11.5 Å². The van der Waals surface area contributed by atoms with Crippen LogP contribution in [-0.4, -0.2) is 24.7 Å². The smallest absolute Gasteiger partial charge is 0.355 e. The van der Waals surface area contributed by atoms with E-state index in [1.165, 1.54) is 17.6 Å². The van der Waals surface area contributed by atoms with E-state index in [9.17, 15) is 9.59 Å². The number of amides is 1. The molecule has 0 spiro atoms. The zero-order valence-electron chi connectivity index (χ0n) is 19.0. The van der Waals surface area contributed by atoms with E-state index in [4.69, 9.17) is 21.1 Å². The lowest BCUT2D eigenvalue weighted by Gasteiger charge is -2.07. The van der Waals surface area contributed by atoms with Gasteiger partial charge in [-0.05, 0) is 48.9 Å². The monoisotopic (exact) mass is 506 g/mol. The Morgan fingerprint density at radius 3 is 2.54 bits per heavy atom. The molecule has 8 heteroatoms. The van der Waals surface area contributed by atoms with Crippen molar-refractivity contribution in [2.75, 3.05) is 6.61 Å². The van der Waals surface area contributed by atoms with Crippen LogP contribution in [0.4, 0.5) is 0 Å². The van der Waals surface area contributed by atoms with E-state index in [1.807, 2.05) is 24.3 Å². The summed E-state index contributed by atoms with van der Waals surface area (Å²) in [6.45, 7) is 2.74. The summed E-state index contributed by atoms with van der Waals surface area (Å²) in [5.74, 6) is 0.0980. The molecule has 0 unspecified atom stereocenters. The Balaban J connectivity index is 1.40. The summed E-state index contributed by atoms with van der Waals surface area (Å²) >= 11 is 7.68. The Morgan fingerprint density at radius 2 is 1.77 bits per heavy atom. The largest absolute Gasteiger partial charge is 0.494 e. The van der Waals surface area contributed by atoms with Crippen LogP contribution in [0.15, 0.2) is 77.9 Å². The number of unbranched alkanes of at least 4 members (excludes halogenated alkanes) is 1. The second-order valence-electron chi connectivity index (χ2n) is 7.59. The van der Waals surface area contributed by atoms with Gasteiger partial charge in [0.2, 0.25) is 0 Å². The lowest BCUT2D eigenvalue weighted by Crippen LogP contribution is -2.17. The third kappa shape index (κ3) is 6.07. The van der Waals surface area contributed by atoms with Gasteiger partial charge >= 0.3 is 5.97 Å². The van der Waals surface area contributed by atoms with Crippen molar-refractivity contribution < 1.29 is 19.1 Å². The predicted octanol–water partition coefficient (Wildman–Crippen LogP) is 6.72. The van der Waals surface area contributed by atoms with Crippen molar-refractivity contribution in [3.05, 3.63) is 93.8 Å². The first kappa shape index (κ1) is 24.4. The summed E-state index contributed by atoms with van der Waals surface area (Å²) in [6.07, 6.45) is 3.46. The summed E-state index contributed by atoms with van der Waals surface area (Å²) in [7, 11) is 0. The van der Waals surface area contributed by atoms with Gasteiger partial charge in [-0.3, -0.25) is 4.79 Å². The zero-order chi connectivity index (χ0) is 24.6. The molecule has 0 saturated heterocycles. The fourth-order valence-corrected chi connectivity index (χ4v) is 4.62. The van der Waals surface area contributed by atoms with Gasteiger partial charge < -0.3 is 9.47 Å². The molecule has 178 valence electrons. The van der Waals surface area contributed by atoms with Gasteiger partial charge in [-0.25, -0.2) is 10.2 Å². The fourth-order valence-electron chi connectivity index (χ4n) is 3.23. The number of hydrogen-bond donors (Lipinski definition) is 1. The lowest BCUT2D eigenvalue weighted by atomic mass is 10.2. The number of nitrogens with zero attached hydrogens (tertiary/aromatic N) is 1. The molecule has 1 aromatic heterocycles. The molecule has 6 nitrogen and oxygen atoms in total. The number of ether oxygens (including phenoxy) is 2. The Labute approximate surface area is 212 Å². The SMILES string of the molecule is CCCCOc1ccc(C(=O)N/N=C/c2ccccc2OC(=O)c2sc3ccccc3c2Cl)cc1. The molecule has 0 aliphatic carbocycles. The normalized spacial score (nSPS) is 11.0. The number of esters is 1. The summed E-state index contributed by atoms with van der Waals surface area (Å²) in [5.41, 5.74) is 3.46. The van der Waals surface area contributed by atoms with Gasteiger partial charge in [-0.1, -0.05) is 55.3 Å². The second-order valence-corrected chi connectivity index (χ2v) is 9.02. The van der Waals surface area contributed by atoms with Crippen molar-refractivity contribution in [3.63, 3.8) is 0 Å². The summed E-state index contributed by atoms with van der Waals surface area (Å²) < 4.78 is 12.1. The van der Waals surface area contributed by atoms with Crippen molar-refractivity contribution >= 4 is 51.1 Å². The van der Waals surface area contributed by atoms with E-state index in [0.29, 0.717) is 39.1 Å². The van der Waals surface area contributed by atoms with Crippen LogP contribution < -0.4 is 14.9 Å². The minimum absolute atomic E-state index is 0.303. The van der Waals surface area contributed by atoms with Crippen molar-refractivity contribution in [2.45, 2.75) is 19.8 Å². The minimum Gasteiger partial charge on any atom is -0.494 e. The third-order valence-corrected chi connectivity index (χ3v) is 6.75. The van der Waals surface area contributed by atoms with E-state index in [1.54, 1.807) is 48.5 Å². The molecule has 35 heavy (non-hydrogen) atoms. The minimum atomic E-state index is -0.553. The Kier molecular flexibility index (Phi) is 8.13. The Hall–Kier alpha value is -3.68. The van der Waals surface area contributed by atoms with E-state index in [0.717, 1.165) is 22.9 Å². The first-order valence-electron chi connectivity index (χ1n) is 11.1. The highest BCUT2D eigenvalue weighted by molar-refractivity contribution is 7.21. The average molecular weight is 507 g/mol. The van der Waals surface area contributed by atoms with E-state index >= 15 is 0 Å². The molecular weight excluding hydrogens is 484 g/mol. The molecule has 0 fully saturated rings. The van der Waals surface area contributed by atoms with Crippen LogP contribution in [0.25, 0.3) is 10.1 Å². The Bertz CT molecular complexity index is 1370. The molecule has 0 bridgehead atoms. The van der Waals surface area contributed by atoms with Crippen molar-refractivity contribution in [2.24, 2.45) is 5.10 Å². The van der Waals surface area contributed by atoms with E-state index in [-0.39, 0.29) is 5.91 Å². The maximum Gasteiger partial charge on any atom is 0.355 e. The van der Waals surface area contributed by atoms with Crippen LogP contribution in [0.2, 0.25) is 5.02 Å². The summed E-state index contributed by atoms with van der Waals surface area (Å²) in [5, 5.41) is 5.20. The van der Waals surface area contributed by atoms with E-state index in [2.05, 4.69) is 17.5 Å². The van der Waals surface area contributed by atoms with Crippen molar-refractivity contribution in [1.82, 2.24) is 5.43 Å². The molecule has 3 aromatic carbocycles. The first-order chi connectivity index (χ1) is 17.1. The highest BCUT2D eigenvalue weighted by Gasteiger charge is 2.19. The predicted molar refractivity (Wildman–Crippen MR) is 140 cm³/mol. The van der Waals surface area contributed by atoms with Crippen LogP contribution in [0, 0.1) is 0 Å². The lowest BCUT2D eigenvalue weighted by molar-refractivity contribution is 0.0739. The highest BCUT2D eigenvalue weighted by atomic mass is 35.5. The quantitative estimate of drug-likeness (QED) is 0.0898. The number of carbonyl (C=O) groups is 2. The standard InChI is InChI=1S/C27H23ClN2O4S/c1-2-3-16-33-20-14-12-18(13-15-20)26(31)30-29-17-19-8-4-6-10-22(19)34-27(32)25-24(28)21-9-5-7-11-23(21)35-25/h4-15,17H,2-3,16H2,1H3,(H,30,31)/b29-17+. The summed E-state index contributed by atoms with van der Waals surface area (Å²) in [4.78, 5) is 25.6. The number of fused-ring (bicyclic) bond motifs is 1. The van der Waals surface area contributed by atoms with Crippen LogP contribution >= 0.6 is 22.9 Å². The maximum absolute atomic E-state index is 12.8.